The molecule has 1 N–H and O–H groups in total. The van der Waals surface area contributed by atoms with Gasteiger partial charge in [0.05, 0.1) is 6.04 Å². The standard InChI is InChI=1S/C12H20N2O2/c1-8-3-4-9(7-8)13-10-5-6-11(15)14(2)12(10)16/h8-10,13H,3-7H2,1-2H3. The maximum atomic E-state index is 11.8. The van der Waals surface area contributed by atoms with Gasteiger partial charge < -0.3 is 5.32 Å². The van der Waals surface area contributed by atoms with Crippen LogP contribution in [0.3, 0.4) is 0 Å². The molecule has 1 saturated carbocycles. The Morgan fingerprint density at radius 3 is 2.62 bits per heavy atom. The molecule has 90 valence electrons. The van der Waals surface area contributed by atoms with E-state index in [1.54, 1.807) is 7.05 Å². The summed E-state index contributed by atoms with van der Waals surface area (Å²) >= 11 is 0. The van der Waals surface area contributed by atoms with E-state index in [0.717, 1.165) is 18.8 Å². The molecular weight excluding hydrogens is 204 g/mol. The Morgan fingerprint density at radius 1 is 1.25 bits per heavy atom. The highest BCUT2D eigenvalue weighted by atomic mass is 16.2. The van der Waals surface area contributed by atoms with Crippen molar-refractivity contribution in [1.29, 1.82) is 0 Å². The number of hydrogen-bond donors (Lipinski definition) is 1. The van der Waals surface area contributed by atoms with E-state index in [4.69, 9.17) is 0 Å². The van der Waals surface area contributed by atoms with Gasteiger partial charge in [-0.3, -0.25) is 14.5 Å². The lowest BCUT2D eigenvalue weighted by Gasteiger charge is -2.30. The largest absolute Gasteiger partial charge is 0.303 e. The monoisotopic (exact) mass is 224 g/mol. The van der Waals surface area contributed by atoms with Crippen molar-refractivity contribution in [1.82, 2.24) is 10.2 Å². The maximum absolute atomic E-state index is 11.8. The van der Waals surface area contributed by atoms with Crippen molar-refractivity contribution in [2.75, 3.05) is 7.05 Å². The van der Waals surface area contributed by atoms with Gasteiger partial charge in [0.15, 0.2) is 0 Å². The third-order valence-corrected chi connectivity index (χ3v) is 3.78. The summed E-state index contributed by atoms with van der Waals surface area (Å²) in [6, 6.07) is 0.323. The van der Waals surface area contributed by atoms with E-state index in [0.29, 0.717) is 18.9 Å². The third kappa shape index (κ3) is 2.26. The van der Waals surface area contributed by atoms with E-state index in [9.17, 15) is 9.59 Å². The smallest absolute Gasteiger partial charge is 0.246 e. The minimum atomic E-state index is -0.141. The lowest BCUT2D eigenvalue weighted by atomic mass is 10.0. The first-order valence-electron chi connectivity index (χ1n) is 6.14. The Bertz CT molecular complexity index is 303. The van der Waals surface area contributed by atoms with Crippen LogP contribution in [0.5, 0.6) is 0 Å². The van der Waals surface area contributed by atoms with E-state index in [2.05, 4.69) is 12.2 Å². The van der Waals surface area contributed by atoms with Crippen LogP contribution in [-0.4, -0.2) is 35.8 Å². The SMILES string of the molecule is CC1CCC(NC2CCC(=O)N(C)C2=O)C1. The van der Waals surface area contributed by atoms with Gasteiger partial charge in [-0.2, -0.15) is 0 Å². The number of likely N-dealkylation sites (N-methyl/N-ethyl adjacent to an activating group) is 1. The molecule has 1 aliphatic heterocycles. The van der Waals surface area contributed by atoms with Crippen LogP contribution in [-0.2, 0) is 9.59 Å². The van der Waals surface area contributed by atoms with Crippen LogP contribution in [0, 0.1) is 5.92 Å². The summed E-state index contributed by atoms with van der Waals surface area (Å²) in [6.07, 6.45) is 4.70. The normalized spacial score (nSPS) is 35.9. The molecule has 2 rings (SSSR count). The number of nitrogens with zero attached hydrogens (tertiary/aromatic N) is 1. The minimum Gasteiger partial charge on any atom is -0.303 e. The summed E-state index contributed by atoms with van der Waals surface area (Å²) in [5.74, 6) is 0.647. The predicted molar refractivity (Wildman–Crippen MR) is 60.7 cm³/mol. The van der Waals surface area contributed by atoms with Crippen molar-refractivity contribution < 1.29 is 9.59 Å². The lowest BCUT2D eigenvalue weighted by Crippen LogP contribution is -2.53. The average molecular weight is 224 g/mol. The van der Waals surface area contributed by atoms with Gasteiger partial charge in [0.25, 0.3) is 0 Å². The topological polar surface area (TPSA) is 49.4 Å². The van der Waals surface area contributed by atoms with E-state index in [-0.39, 0.29) is 17.9 Å². The van der Waals surface area contributed by atoms with Gasteiger partial charge in [0.1, 0.15) is 0 Å². The molecule has 1 aliphatic carbocycles. The van der Waals surface area contributed by atoms with Crippen molar-refractivity contribution in [3.63, 3.8) is 0 Å². The maximum Gasteiger partial charge on any atom is 0.246 e. The quantitative estimate of drug-likeness (QED) is 0.709. The molecule has 2 fully saturated rings. The Kier molecular flexibility index (Phi) is 3.28. The van der Waals surface area contributed by atoms with Gasteiger partial charge >= 0.3 is 0 Å². The van der Waals surface area contributed by atoms with Gasteiger partial charge in [-0.15, -0.1) is 0 Å². The highest BCUT2D eigenvalue weighted by molar-refractivity contribution is 6.00. The summed E-state index contributed by atoms with van der Waals surface area (Å²) in [5, 5.41) is 3.41. The summed E-state index contributed by atoms with van der Waals surface area (Å²) < 4.78 is 0. The fourth-order valence-electron chi connectivity index (χ4n) is 2.71. The van der Waals surface area contributed by atoms with Crippen molar-refractivity contribution in [2.24, 2.45) is 5.92 Å². The van der Waals surface area contributed by atoms with Crippen molar-refractivity contribution in [3.8, 4) is 0 Å². The van der Waals surface area contributed by atoms with E-state index in [1.165, 1.54) is 11.3 Å². The Hall–Kier alpha value is -0.900. The first kappa shape index (κ1) is 11.6. The van der Waals surface area contributed by atoms with Crippen LogP contribution in [0.2, 0.25) is 0 Å². The molecule has 3 unspecified atom stereocenters. The Labute approximate surface area is 96.4 Å². The third-order valence-electron chi connectivity index (χ3n) is 3.78. The van der Waals surface area contributed by atoms with Crippen molar-refractivity contribution in [3.05, 3.63) is 0 Å². The van der Waals surface area contributed by atoms with Crippen LogP contribution in [0.25, 0.3) is 0 Å². The molecule has 0 bridgehead atoms. The molecule has 0 aromatic rings. The van der Waals surface area contributed by atoms with Crippen LogP contribution < -0.4 is 5.32 Å². The molecule has 16 heavy (non-hydrogen) atoms. The molecule has 0 spiro atoms. The summed E-state index contributed by atoms with van der Waals surface area (Å²) in [4.78, 5) is 24.4. The van der Waals surface area contributed by atoms with Crippen molar-refractivity contribution in [2.45, 2.75) is 51.1 Å². The van der Waals surface area contributed by atoms with Crippen LogP contribution in [0.1, 0.15) is 39.0 Å². The number of amides is 2. The summed E-state index contributed by atoms with van der Waals surface area (Å²) in [7, 11) is 1.58. The second-order valence-electron chi connectivity index (χ2n) is 5.16. The fraction of sp³-hybridized carbons (Fsp3) is 0.833. The molecule has 2 aliphatic rings. The van der Waals surface area contributed by atoms with Gasteiger partial charge in [-0.25, -0.2) is 0 Å². The van der Waals surface area contributed by atoms with Crippen LogP contribution in [0.4, 0.5) is 0 Å². The molecule has 4 nitrogen and oxygen atoms in total. The highest BCUT2D eigenvalue weighted by Crippen LogP contribution is 2.26. The molecule has 3 atom stereocenters. The number of hydrogen-bond acceptors (Lipinski definition) is 3. The first-order chi connectivity index (χ1) is 7.58. The number of piperidine rings is 1. The molecular formula is C12H20N2O2. The summed E-state index contributed by atoms with van der Waals surface area (Å²) in [6.45, 7) is 2.25. The molecule has 0 radical (unpaired) electrons. The molecule has 2 amide bonds. The van der Waals surface area contributed by atoms with Crippen molar-refractivity contribution >= 4 is 11.8 Å². The lowest BCUT2D eigenvalue weighted by molar-refractivity contribution is -0.148. The zero-order chi connectivity index (χ0) is 11.7. The minimum absolute atomic E-state index is 0.0529. The van der Waals surface area contributed by atoms with Crippen LogP contribution in [0.15, 0.2) is 0 Å². The number of carbonyl (C=O) groups is 2. The number of imide groups is 1. The summed E-state index contributed by atoms with van der Waals surface area (Å²) in [5.41, 5.74) is 0. The van der Waals surface area contributed by atoms with Gasteiger partial charge in [-0.05, 0) is 31.6 Å². The van der Waals surface area contributed by atoms with Gasteiger partial charge in [0, 0.05) is 19.5 Å². The Balaban J connectivity index is 1.90. The van der Waals surface area contributed by atoms with E-state index < -0.39 is 0 Å². The zero-order valence-electron chi connectivity index (χ0n) is 10.0. The predicted octanol–water partition coefficient (Wildman–Crippen LogP) is 0.912. The molecule has 0 aromatic carbocycles. The van der Waals surface area contributed by atoms with Gasteiger partial charge in [-0.1, -0.05) is 6.92 Å². The number of carbonyl (C=O) groups excluding carboxylic acids is 2. The second kappa shape index (κ2) is 4.53. The molecule has 0 aromatic heterocycles. The molecule has 1 saturated heterocycles. The Morgan fingerprint density at radius 2 is 2.00 bits per heavy atom. The van der Waals surface area contributed by atoms with Crippen LogP contribution >= 0.6 is 0 Å². The molecule has 1 heterocycles. The van der Waals surface area contributed by atoms with Gasteiger partial charge in [0.2, 0.25) is 11.8 Å². The first-order valence-corrected chi connectivity index (χ1v) is 6.14. The number of rotatable bonds is 2. The molecule has 4 heteroatoms. The number of likely N-dealkylation sites (tertiary alicyclic amines) is 1. The van der Waals surface area contributed by atoms with E-state index >= 15 is 0 Å². The number of nitrogens with one attached hydrogen (secondary N) is 1. The van der Waals surface area contributed by atoms with E-state index in [1.807, 2.05) is 0 Å². The zero-order valence-corrected chi connectivity index (χ0v) is 10.0. The average Bonchev–Trinajstić information content (AvgIpc) is 2.65. The second-order valence-corrected chi connectivity index (χ2v) is 5.16. The fourth-order valence-corrected chi connectivity index (χ4v) is 2.71. The highest BCUT2D eigenvalue weighted by Gasteiger charge is 2.34.